The zero-order chi connectivity index (χ0) is 97.3. The van der Waals surface area contributed by atoms with E-state index < -0.39 is 189 Å². The number of ether oxygens (including phenoxy) is 1. The molecule has 0 unspecified atom stereocenters. The third kappa shape index (κ3) is 33.3. The van der Waals surface area contributed by atoms with E-state index in [2.05, 4.69) is 79.4 Å². The molecule has 13 atom stereocenters. The topological polar surface area (TPSA) is 663 Å². The minimum Gasteiger partial charge on any atom is -0.508 e. The molecule has 0 bridgehead atoms. The molecule has 0 radical (unpaired) electrons. The van der Waals surface area contributed by atoms with Crippen LogP contribution in [0.2, 0.25) is 0 Å². The number of para-hydroxylation sites is 1. The highest BCUT2D eigenvalue weighted by Crippen LogP contribution is 2.47. The Bertz CT molecular complexity index is 5060. The Morgan fingerprint density at radius 1 is 0.583 bits per heavy atom. The number of phenolic OH excluding ortho intramolecular Hbond substituents is 1. The van der Waals surface area contributed by atoms with E-state index in [-0.39, 0.29) is 122 Å². The van der Waals surface area contributed by atoms with Crippen LogP contribution in [-0.2, 0) is 97.6 Å². The van der Waals surface area contributed by atoms with E-state index >= 15 is 28.8 Å². The first-order valence-electron chi connectivity index (χ1n) is 43.6. The van der Waals surface area contributed by atoms with Crippen LogP contribution in [0.1, 0.15) is 147 Å². The Morgan fingerprint density at radius 3 is 1.81 bits per heavy atom. The van der Waals surface area contributed by atoms with E-state index in [9.17, 15) is 58.2 Å². The number of fused-ring (bicyclic) bond motifs is 2. The van der Waals surface area contributed by atoms with E-state index in [1.807, 2.05) is 31.2 Å². The number of aromatic amines is 1. The summed E-state index contributed by atoms with van der Waals surface area (Å²) in [6, 6.07) is 11.4. The number of H-pyrrole nitrogens is 1. The van der Waals surface area contributed by atoms with Gasteiger partial charge in [-0.1, -0.05) is 107 Å². The van der Waals surface area contributed by atoms with E-state index in [4.69, 9.17) is 39.1 Å². The van der Waals surface area contributed by atoms with Gasteiger partial charge in [-0.3, -0.25) is 71.9 Å². The molecular weight excluding hydrogens is 1740 g/mol. The number of carbonyl (C=O) groups excluding carboxylic acids is 16. The lowest BCUT2D eigenvalue weighted by Gasteiger charge is -2.40. The number of benzene rings is 5. The van der Waals surface area contributed by atoms with Crippen LogP contribution in [0, 0.1) is 6.92 Å². The number of nitrogens with one attached hydrogen (secondary N) is 15. The van der Waals surface area contributed by atoms with Crippen LogP contribution < -0.4 is 114 Å². The summed E-state index contributed by atoms with van der Waals surface area (Å²) in [4.78, 5) is 233. The second-order valence-electron chi connectivity index (χ2n) is 34.1. The van der Waals surface area contributed by atoms with Crippen LogP contribution in [0.15, 0.2) is 115 Å². The summed E-state index contributed by atoms with van der Waals surface area (Å²) in [6.07, 6.45) is -2.65. The molecule has 2 heterocycles. The third-order valence-corrected chi connectivity index (χ3v) is 26.5. The lowest BCUT2D eigenvalue weighted by molar-refractivity contribution is -0.138. The molecular formula is C90H127N21O19S2. The molecule has 40 nitrogen and oxygen atoms in total. The Hall–Kier alpha value is -12.6. The van der Waals surface area contributed by atoms with Crippen molar-refractivity contribution in [3.8, 4) is 11.5 Å². The number of aryl methyl sites for hydroxylation is 1. The van der Waals surface area contributed by atoms with Gasteiger partial charge in [-0.2, -0.15) is 0 Å². The van der Waals surface area contributed by atoms with Gasteiger partial charge in [0.05, 0.1) is 31.0 Å². The fourth-order valence-electron chi connectivity index (χ4n) is 14.8. The Morgan fingerprint density at radius 2 is 1.17 bits per heavy atom. The summed E-state index contributed by atoms with van der Waals surface area (Å²) in [5, 5.41) is 61.5. The van der Waals surface area contributed by atoms with Gasteiger partial charge < -0.3 is 129 Å². The average molecular weight is 1870 g/mol. The smallest absolute Gasteiger partial charge is 0.312 e. The monoisotopic (exact) mass is 1870 g/mol. The quantitative estimate of drug-likeness (QED) is 0.0163. The van der Waals surface area contributed by atoms with Crippen LogP contribution in [0.5, 0.6) is 11.5 Å². The Balaban J connectivity index is 1.35. The first-order chi connectivity index (χ1) is 62.4. The van der Waals surface area contributed by atoms with Crippen molar-refractivity contribution in [3.63, 3.8) is 0 Å². The van der Waals surface area contributed by atoms with Gasteiger partial charge in [0.1, 0.15) is 78.0 Å². The molecule has 0 aliphatic carbocycles. The van der Waals surface area contributed by atoms with E-state index in [0.717, 1.165) is 37.9 Å². The molecule has 718 valence electrons. The zero-order valence-electron chi connectivity index (χ0n) is 75.7. The molecule has 29 N–H and O–H groups in total. The number of primary amides is 4. The first-order valence-corrected chi connectivity index (χ1v) is 45.7. The van der Waals surface area contributed by atoms with Crippen molar-refractivity contribution in [1.82, 2.24) is 79.4 Å². The zero-order valence-corrected chi connectivity index (χ0v) is 77.3. The number of aromatic nitrogens is 1. The van der Waals surface area contributed by atoms with E-state index in [1.54, 1.807) is 94.6 Å². The second-order valence-corrected chi connectivity index (χ2v) is 37.6. The molecule has 42 heteroatoms. The van der Waals surface area contributed by atoms with Crippen LogP contribution in [-0.4, -0.2) is 237 Å². The van der Waals surface area contributed by atoms with Gasteiger partial charge >= 0.3 is 6.03 Å². The first kappa shape index (κ1) is 106. The summed E-state index contributed by atoms with van der Waals surface area (Å²) in [5.74, 6) is -13.9. The lowest BCUT2D eigenvalue weighted by Crippen LogP contribution is -2.65. The molecule has 1 aliphatic rings. The number of aromatic hydroxyl groups is 1. The van der Waals surface area contributed by atoms with Gasteiger partial charge in [0.2, 0.25) is 88.6 Å². The van der Waals surface area contributed by atoms with Crippen LogP contribution in [0.25, 0.3) is 21.7 Å². The van der Waals surface area contributed by atoms with Crippen LogP contribution >= 0.6 is 21.6 Å². The van der Waals surface area contributed by atoms with Gasteiger partial charge in [-0.15, -0.1) is 0 Å². The highest BCUT2D eigenvalue weighted by Gasteiger charge is 2.46. The van der Waals surface area contributed by atoms with E-state index in [1.165, 1.54) is 52.0 Å². The highest BCUT2D eigenvalue weighted by molar-refractivity contribution is 8.77. The SMILES string of the molecule is CC(=O)NCCCC[C@H](NC(=O)[C@](C)(CCCCN)NC(=O)[C@H](Cc1ccc2ccccc2c1)NC(=O)[C@H](Cc1ccc(OCCN)cc1)NC(=O)[C@H]1NC(=O)[C@H](CCCNC(N)=O)NC(=O)[C@H](Cc2c[nH]c3c(C)cccc23)NC(=O)[C@H]([C@@H](C)O)NC(=O)[C@H](CC(N)=O)NC[C@@H](NC(C)=O)C(C)(C)SSC1(C)C)C(=O)N[C@@H](CC(N)=O)C(=O)N[C@H](Cc1ccc(O)cc1)C(N)=O. The van der Waals surface area contributed by atoms with Crippen molar-refractivity contribution in [2.75, 3.05) is 39.3 Å². The number of aliphatic hydroxyl groups excluding tert-OH is 1. The molecule has 1 fully saturated rings. The number of aliphatic hydroxyl groups is 1. The standard InChI is InChI=1S/C90H127N21O19S2/c1-49-18-16-21-61-58(47-100-73(49)61)44-68-81(123)102-62(23-17-38-98-87(96)129)78(120)110-75(89(7,8)132-131-88(5,6)70(101-52(4)114)48-99-65(45-71(93)116)79(121)109-74(50(2)112)84(126)106-68)85(127)107-66(42-54-27-32-60(33-28-54)130-39-36-92)80(122)104-67(43-55-24-29-56-19-10-11-20-57(56)40-55)83(125)111-90(9,34-13-14-35-91)86(128)108-63(22-12-15-37-97-51(3)113)77(119)105-69(46-72(94)117)82(124)103-64(76(95)118)41-53-25-30-59(115)31-26-53/h10-11,16,18-21,24-33,40,47,50,62-70,74-75,99-100,112,115H,12-15,17,22-23,34-39,41-46,48,91-92H2,1-9H3,(H2,93,116)(H2,94,117)(H2,95,118)(H,97,113)(H,101,114)(H,102,123)(H,103,124)(H,104,122)(H,105,119)(H,106,126)(H,107,127)(H,108,128)(H,109,121)(H,110,120)(H,111,125)(H3,96,98,129)/t50-,62+,63+,64-,65+,66+,67+,68+,69+,70-,74+,75-,90+/m1/s1. The maximum absolute atomic E-state index is 16.3. The predicted octanol–water partition coefficient (Wildman–Crippen LogP) is -0.903. The fraction of sp³-hybridized carbons (Fsp3) is 0.489. The number of rotatable bonds is 43. The molecule has 0 saturated carbocycles. The highest BCUT2D eigenvalue weighted by atomic mass is 33.1. The number of carbonyl (C=O) groups is 16. The summed E-state index contributed by atoms with van der Waals surface area (Å²) in [7, 11) is 2.13. The van der Waals surface area contributed by atoms with Crippen molar-refractivity contribution in [2.45, 2.75) is 240 Å². The van der Waals surface area contributed by atoms with Crippen molar-refractivity contribution >= 4 is 138 Å². The van der Waals surface area contributed by atoms with Gasteiger partial charge in [0.15, 0.2) is 0 Å². The molecule has 1 aromatic heterocycles. The largest absolute Gasteiger partial charge is 0.508 e. The number of amides is 17. The fourth-order valence-corrected chi connectivity index (χ4v) is 17.6. The van der Waals surface area contributed by atoms with Crippen LogP contribution in [0.4, 0.5) is 4.79 Å². The molecule has 132 heavy (non-hydrogen) atoms. The summed E-state index contributed by atoms with van der Waals surface area (Å²) < 4.78 is 3.02. The summed E-state index contributed by atoms with van der Waals surface area (Å²) in [6.45, 7) is 13.6. The predicted molar refractivity (Wildman–Crippen MR) is 498 cm³/mol. The van der Waals surface area contributed by atoms with Crippen molar-refractivity contribution in [3.05, 3.63) is 143 Å². The number of hydrogen-bond acceptors (Lipinski definition) is 24. The number of hydrogen-bond donors (Lipinski definition) is 23. The summed E-state index contributed by atoms with van der Waals surface area (Å²) in [5.41, 5.74) is 35.7. The Labute approximate surface area is 773 Å². The minimum absolute atomic E-state index is 0.0703. The molecule has 1 aliphatic heterocycles. The van der Waals surface area contributed by atoms with Crippen molar-refractivity contribution in [2.24, 2.45) is 34.4 Å². The average Bonchev–Trinajstić information content (AvgIpc) is 1.43. The van der Waals surface area contributed by atoms with Crippen molar-refractivity contribution in [1.29, 1.82) is 0 Å². The molecule has 0 spiro atoms. The molecule has 6 aromatic rings. The molecule has 7 rings (SSSR count). The lowest BCUT2D eigenvalue weighted by atomic mass is 9.91. The third-order valence-electron chi connectivity index (χ3n) is 22.2. The Kier molecular flexibility index (Phi) is 40.8. The maximum Gasteiger partial charge on any atom is 0.312 e. The van der Waals surface area contributed by atoms with Crippen molar-refractivity contribution < 1.29 is 91.7 Å². The normalized spacial score (nSPS) is 19.1. The van der Waals surface area contributed by atoms with Gasteiger partial charge in [-0.25, -0.2) is 4.79 Å². The number of unbranched alkanes of at least 4 members (excludes halogenated alkanes) is 2. The van der Waals surface area contributed by atoms with Gasteiger partial charge in [0.25, 0.3) is 0 Å². The van der Waals surface area contributed by atoms with Gasteiger partial charge in [-0.05, 0) is 169 Å². The minimum atomic E-state index is -2.04. The second kappa shape index (κ2) is 50.7. The van der Waals surface area contributed by atoms with E-state index in [0.29, 0.717) is 45.3 Å². The maximum atomic E-state index is 16.3. The molecule has 1 saturated heterocycles. The molecule has 5 aromatic carbocycles. The molecule has 17 amide bonds. The number of phenols is 1. The number of nitrogens with two attached hydrogens (primary N) is 6. The van der Waals surface area contributed by atoms with Gasteiger partial charge in [0, 0.05) is 92.3 Å². The summed E-state index contributed by atoms with van der Waals surface area (Å²) >= 11 is 0. The number of urea groups is 1. The van der Waals surface area contributed by atoms with Crippen LogP contribution in [0.3, 0.4) is 0 Å².